The summed E-state index contributed by atoms with van der Waals surface area (Å²) in [4.78, 5) is 50.5. The molecule has 0 saturated carbocycles. The highest BCUT2D eigenvalue weighted by Gasteiger charge is 2.35. The van der Waals surface area contributed by atoms with Crippen LogP contribution in [0.3, 0.4) is 0 Å². The average molecular weight is 340 g/mol. The van der Waals surface area contributed by atoms with E-state index in [1.165, 1.54) is 0 Å². The first-order chi connectivity index (χ1) is 11.4. The number of carbonyl (C=O) groups is 4. The van der Waals surface area contributed by atoms with Gasteiger partial charge in [0.05, 0.1) is 5.66 Å². The van der Waals surface area contributed by atoms with E-state index in [0.717, 1.165) is 19.3 Å². The molecule has 0 aliphatic carbocycles. The molecule has 9 nitrogen and oxygen atoms in total. The Kier molecular flexibility index (Phi) is 6.27. The molecule has 9 heteroatoms. The van der Waals surface area contributed by atoms with Crippen LogP contribution in [0, 0.1) is 0 Å². The van der Waals surface area contributed by atoms with Crippen molar-refractivity contribution in [2.45, 2.75) is 64.0 Å². The monoisotopic (exact) mass is 340 g/mol. The van der Waals surface area contributed by atoms with Gasteiger partial charge in [0, 0.05) is 32.2 Å². The highest BCUT2D eigenvalue weighted by Crippen LogP contribution is 2.15. The molecule has 0 aromatic carbocycles. The molecular weight excluding hydrogens is 316 g/mol. The van der Waals surface area contributed by atoms with Gasteiger partial charge in [0.2, 0.25) is 5.91 Å². The molecule has 0 bridgehead atoms. The number of carbonyl (C=O) groups excluding carboxylic acids is 4. The van der Waals surface area contributed by atoms with Crippen LogP contribution in [0.15, 0.2) is 0 Å². The van der Waals surface area contributed by atoms with Gasteiger partial charge < -0.3 is 10.2 Å². The third kappa shape index (κ3) is 5.89. The number of unbranched alkanes of at least 4 members (excludes halogenated alkanes) is 2. The van der Waals surface area contributed by atoms with Crippen LogP contribution in [0.5, 0.6) is 0 Å². The lowest BCUT2D eigenvalue weighted by atomic mass is 10.1. The minimum Gasteiger partial charge on any atom is -0.356 e. The summed E-state index contributed by atoms with van der Waals surface area (Å²) in [5.74, 6) is -1.51. The number of hydrogen-bond acceptors (Lipinski definition) is 7. The number of hydrazine groups is 1. The van der Waals surface area contributed by atoms with Crippen LogP contribution in [0.25, 0.3) is 0 Å². The molecule has 3 N–H and O–H groups in total. The molecule has 0 aromatic heterocycles. The fraction of sp³-hybridized carbons (Fsp3) is 0.733. The lowest BCUT2D eigenvalue weighted by molar-refractivity contribution is -0.197. The number of hydrogen-bond donors (Lipinski definition) is 3. The Balaban J connectivity index is 1.46. The van der Waals surface area contributed by atoms with Gasteiger partial charge in [-0.25, -0.2) is 15.6 Å². The van der Waals surface area contributed by atoms with E-state index < -0.39 is 17.8 Å². The minimum atomic E-state index is -0.583. The second kappa shape index (κ2) is 8.20. The van der Waals surface area contributed by atoms with Gasteiger partial charge in [0.15, 0.2) is 0 Å². The number of hydroxylamine groups is 2. The van der Waals surface area contributed by atoms with E-state index in [-0.39, 0.29) is 30.8 Å². The first kappa shape index (κ1) is 18.3. The van der Waals surface area contributed by atoms with Crippen molar-refractivity contribution in [2.24, 2.45) is 0 Å². The van der Waals surface area contributed by atoms with Crippen LogP contribution >= 0.6 is 0 Å². The van der Waals surface area contributed by atoms with Crippen molar-refractivity contribution in [1.82, 2.24) is 21.2 Å². The van der Waals surface area contributed by atoms with Gasteiger partial charge >= 0.3 is 5.97 Å². The Morgan fingerprint density at radius 2 is 1.79 bits per heavy atom. The van der Waals surface area contributed by atoms with E-state index in [1.807, 2.05) is 6.92 Å². The fourth-order valence-electron chi connectivity index (χ4n) is 2.29. The van der Waals surface area contributed by atoms with Crippen LogP contribution in [0.1, 0.15) is 58.3 Å². The maximum Gasteiger partial charge on any atom is 0.333 e. The Morgan fingerprint density at radius 3 is 2.42 bits per heavy atom. The highest BCUT2D eigenvalue weighted by atomic mass is 16.7. The van der Waals surface area contributed by atoms with Gasteiger partial charge in [-0.1, -0.05) is 6.42 Å². The minimum absolute atomic E-state index is 0.0113. The van der Waals surface area contributed by atoms with Crippen molar-refractivity contribution in [3.05, 3.63) is 0 Å². The summed E-state index contributed by atoms with van der Waals surface area (Å²) < 4.78 is 0. The van der Waals surface area contributed by atoms with Crippen molar-refractivity contribution in [3.8, 4) is 0 Å². The van der Waals surface area contributed by atoms with Gasteiger partial charge in [0.25, 0.3) is 11.8 Å². The summed E-state index contributed by atoms with van der Waals surface area (Å²) in [6.45, 7) is 2.55. The topological polar surface area (TPSA) is 137 Å². The Bertz CT molecular complexity index is 502. The molecule has 2 heterocycles. The molecule has 2 saturated heterocycles. The lowest BCUT2D eigenvalue weighted by Crippen LogP contribution is -2.32. The molecular formula is C15H24N4O5. The van der Waals surface area contributed by atoms with E-state index >= 15 is 0 Å². The average Bonchev–Trinajstić information content (AvgIpc) is 3.21. The molecule has 0 spiro atoms. The van der Waals surface area contributed by atoms with E-state index in [1.54, 1.807) is 0 Å². The maximum atomic E-state index is 11.6. The van der Waals surface area contributed by atoms with Gasteiger partial charge in [-0.3, -0.25) is 14.4 Å². The highest BCUT2D eigenvalue weighted by molar-refractivity contribution is 6.01. The second-order valence-electron chi connectivity index (χ2n) is 6.29. The zero-order valence-electron chi connectivity index (χ0n) is 13.9. The van der Waals surface area contributed by atoms with Crippen LogP contribution in [-0.4, -0.2) is 41.0 Å². The predicted molar refractivity (Wildman–Crippen MR) is 82.6 cm³/mol. The number of rotatable bonds is 10. The molecule has 2 rings (SSSR count). The molecule has 0 aromatic rings. The van der Waals surface area contributed by atoms with Crippen molar-refractivity contribution < 1.29 is 24.0 Å². The predicted octanol–water partition coefficient (Wildman–Crippen LogP) is -0.126. The van der Waals surface area contributed by atoms with Crippen molar-refractivity contribution in [2.75, 3.05) is 6.54 Å². The normalized spacial score (nSPS) is 18.6. The largest absolute Gasteiger partial charge is 0.356 e. The summed E-state index contributed by atoms with van der Waals surface area (Å²) in [5.41, 5.74) is 5.84. The Hall–Kier alpha value is -2.00. The third-order valence-electron chi connectivity index (χ3n) is 3.98. The summed E-state index contributed by atoms with van der Waals surface area (Å²) >= 11 is 0. The maximum absolute atomic E-state index is 11.6. The Labute approximate surface area is 140 Å². The zero-order valence-corrected chi connectivity index (χ0v) is 13.9. The zero-order chi connectivity index (χ0) is 17.6. The number of amides is 3. The van der Waals surface area contributed by atoms with Crippen molar-refractivity contribution in [1.29, 1.82) is 0 Å². The third-order valence-corrected chi connectivity index (χ3v) is 3.98. The molecule has 0 atom stereocenters. The molecule has 0 radical (unpaired) electrons. The van der Waals surface area contributed by atoms with Gasteiger partial charge in [-0.15, -0.1) is 5.06 Å². The first-order valence-electron chi connectivity index (χ1n) is 8.27. The Morgan fingerprint density at radius 1 is 1.12 bits per heavy atom. The summed E-state index contributed by atoms with van der Waals surface area (Å²) in [6, 6.07) is 0. The molecule has 2 aliphatic heterocycles. The van der Waals surface area contributed by atoms with E-state index in [4.69, 9.17) is 4.84 Å². The van der Waals surface area contributed by atoms with Gasteiger partial charge in [-0.2, -0.15) is 0 Å². The molecule has 2 fully saturated rings. The van der Waals surface area contributed by atoms with Crippen molar-refractivity contribution in [3.63, 3.8) is 0 Å². The number of nitrogens with one attached hydrogen (secondary N) is 3. The molecule has 134 valence electrons. The standard InChI is InChI=1S/C15H24N4O5/c1-15(17-18-15)9-8-11(20)16-10-4-2-3-5-14(23)24-19-12(21)6-7-13(19)22/h17-18H,2-10H2,1H3,(H,16,20). The van der Waals surface area contributed by atoms with Gasteiger partial charge in [0.1, 0.15) is 0 Å². The number of imide groups is 1. The van der Waals surface area contributed by atoms with E-state index in [9.17, 15) is 19.2 Å². The number of nitrogens with zero attached hydrogens (tertiary/aromatic N) is 1. The summed E-state index contributed by atoms with van der Waals surface area (Å²) in [7, 11) is 0. The van der Waals surface area contributed by atoms with Crippen LogP contribution in [0.2, 0.25) is 0 Å². The fourth-order valence-corrected chi connectivity index (χ4v) is 2.29. The lowest BCUT2D eigenvalue weighted by Gasteiger charge is -2.12. The molecule has 3 amide bonds. The second-order valence-corrected chi connectivity index (χ2v) is 6.29. The smallest absolute Gasteiger partial charge is 0.333 e. The quantitative estimate of drug-likeness (QED) is 0.286. The van der Waals surface area contributed by atoms with E-state index in [0.29, 0.717) is 24.4 Å². The summed E-state index contributed by atoms with van der Waals surface area (Å²) in [5, 5.41) is 3.40. The van der Waals surface area contributed by atoms with Crippen LogP contribution in [-0.2, 0) is 24.0 Å². The SMILES string of the molecule is CC1(CCC(=O)NCCCCCC(=O)ON2C(=O)CCC2=O)NN1. The first-order valence-corrected chi connectivity index (χ1v) is 8.27. The van der Waals surface area contributed by atoms with Crippen LogP contribution < -0.4 is 16.2 Å². The molecule has 2 aliphatic rings. The van der Waals surface area contributed by atoms with Crippen molar-refractivity contribution >= 4 is 23.7 Å². The van der Waals surface area contributed by atoms with Gasteiger partial charge in [-0.05, 0) is 26.2 Å². The van der Waals surface area contributed by atoms with E-state index in [2.05, 4.69) is 16.2 Å². The molecule has 0 unspecified atom stereocenters. The van der Waals surface area contributed by atoms with Crippen LogP contribution in [0.4, 0.5) is 0 Å². The summed E-state index contributed by atoms with van der Waals surface area (Å²) in [6.07, 6.45) is 3.61. The molecule has 24 heavy (non-hydrogen) atoms.